The summed E-state index contributed by atoms with van der Waals surface area (Å²) in [5.74, 6) is 0.628. The fraction of sp³-hybridized carbons (Fsp3) is 0.700. The maximum atomic E-state index is 5.84. The van der Waals surface area contributed by atoms with Gasteiger partial charge in [0, 0.05) is 13.1 Å². The summed E-state index contributed by atoms with van der Waals surface area (Å²) in [6.45, 7) is 4.37. The Hall–Kier alpha value is -1.10. The number of rotatable bonds is 3. The summed E-state index contributed by atoms with van der Waals surface area (Å²) < 4.78 is 5.24. The van der Waals surface area contributed by atoms with Gasteiger partial charge in [-0.25, -0.2) is 0 Å². The Morgan fingerprint density at radius 3 is 2.62 bits per heavy atom. The zero-order valence-corrected chi connectivity index (χ0v) is 10.1. The number of hydrogen-bond donors (Lipinski definition) is 0. The van der Waals surface area contributed by atoms with Gasteiger partial charge in [-0.2, -0.15) is 15.0 Å². The van der Waals surface area contributed by atoms with Gasteiger partial charge < -0.3 is 9.64 Å². The molecule has 0 unspecified atom stereocenters. The van der Waals surface area contributed by atoms with Crippen LogP contribution in [0.5, 0.6) is 6.01 Å². The summed E-state index contributed by atoms with van der Waals surface area (Å²) in [4.78, 5) is 14.4. The molecule has 0 bridgehead atoms. The number of ether oxygens (including phenoxy) is 1. The van der Waals surface area contributed by atoms with E-state index in [9.17, 15) is 0 Å². The molecule has 2 heterocycles. The third-order valence-corrected chi connectivity index (χ3v) is 2.66. The molecule has 0 N–H and O–H groups in total. The van der Waals surface area contributed by atoms with Crippen LogP contribution in [0.4, 0.5) is 5.95 Å². The average Bonchev–Trinajstić information content (AvgIpc) is 2.30. The maximum Gasteiger partial charge on any atom is 0.322 e. The topological polar surface area (TPSA) is 51.1 Å². The quantitative estimate of drug-likeness (QED) is 0.811. The normalized spacial score (nSPS) is 16.2. The van der Waals surface area contributed by atoms with Crippen molar-refractivity contribution in [2.45, 2.75) is 26.2 Å². The van der Waals surface area contributed by atoms with Gasteiger partial charge in [-0.05, 0) is 37.8 Å². The maximum absolute atomic E-state index is 5.84. The summed E-state index contributed by atoms with van der Waals surface area (Å²) >= 11 is 5.84. The fourth-order valence-corrected chi connectivity index (χ4v) is 1.90. The standard InChI is InChI=1S/C10H15ClN4O/c1-2-16-10-13-8(11)12-9(14-10)15-6-4-3-5-7-15/h2-7H2,1H3. The van der Waals surface area contributed by atoms with Crippen LogP contribution < -0.4 is 9.64 Å². The third-order valence-electron chi connectivity index (χ3n) is 2.49. The molecule has 2 rings (SSSR count). The number of hydrogen-bond acceptors (Lipinski definition) is 5. The minimum absolute atomic E-state index is 0.194. The number of aromatic nitrogens is 3. The van der Waals surface area contributed by atoms with Crippen LogP contribution in [0.25, 0.3) is 0 Å². The van der Waals surface area contributed by atoms with Gasteiger partial charge >= 0.3 is 6.01 Å². The van der Waals surface area contributed by atoms with Crippen LogP contribution in [-0.2, 0) is 0 Å². The summed E-state index contributed by atoms with van der Waals surface area (Å²) in [5, 5.41) is 0.194. The summed E-state index contributed by atoms with van der Waals surface area (Å²) in [7, 11) is 0. The Labute approximate surface area is 99.8 Å². The van der Waals surface area contributed by atoms with E-state index in [4.69, 9.17) is 16.3 Å². The van der Waals surface area contributed by atoms with Gasteiger partial charge in [-0.15, -0.1) is 0 Å². The van der Waals surface area contributed by atoms with E-state index >= 15 is 0 Å². The number of piperidine rings is 1. The molecule has 0 atom stereocenters. The van der Waals surface area contributed by atoms with Crippen LogP contribution in [0.2, 0.25) is 5.28 Å². The number of halogens is 1. The zero-order valence-electron chi connectivity index (χ0n) is 9.32. The molecule has 1 aromatic heterocycles. The predicted molar refractivity (Wildman–Crippen MR) is 62.1 cm³/mol. The summed E-state index contributed by atoms with van der Waals surface area (Å²) in [6, 6.07) is 0.308. The van der Waals surface area contributed by atoms with Crippen LogP contribution >= 0.6 is 11.6 Å². The van der Waals surface area contributed by atoms with Gasteiger partial charge in [0.15, 0.2) is 0 Å². The smallest absolute Gasteiger partial charge is 0.322 e. The summed E-state index contributed by atoms with van der Waals surface area (Å²) in [5.41, 5.74) is 0. The highest BCUT2D eigenvalue weighted by molar-refractivity contribution is 6.28. The molecule has 6 heteroatoms. The molecule has 1 saturated heterocycles. The lowest BCUT2D eigenvalue weighted by atomic mass is 10.1. The zero-order chi connectivity index (χ0) is 11.4. The second-order valence-electron chi connectivity index (χ2n) is 3.67. The van der Waals surface area contributed by atoms with Crippen molar-refractivity contribution in [1.82, 2.24) is 15.0 Å². The third kappa shape index (κ3) is 2.72. The van der Waals surface area contributed by atoms with E-state index < -0.39 is 0 Å². The van der Waals surface area contributed by atoms with Crippen molar-refractivity contribution in [3.8, 4) is 6.01 Å². The van der Waals surface area contributed by atoms with Crippen molar-refractivity contribution in [1.29, 1.82) is 0 Å². The Kier molecular flexibility index (Phi) is 3.77. The van der Waals surface area contributed by atoms with Gasteiger partial charge in [-0.3, -0.25) is 0 Å². The van der Waals surface area contributed by atoms with Crippen LogP contribution in [0.15, 0.2) is 0 Å². The Morgan fingerprint density at radius 2 is 1.94 bits per heavy atom. The Bertz CT molecular complexity index is 355. The lowest BCUT2D eigenvalue weighted by molar-refractivity contribution is 0.311. The van der Waals surface area contributed by atoms with Gasteiger partial charge in [0.1, 0.15) is 0 Å². The second-order valence-corrected chi connectivity index (χ2v) is 4.01. The number of nitrogens with zero attached hydrogens (tertiary/aromatic N) is 4. The molecular formula is C10H15ClN4O. The molecule has 1 aromatic rings. The minimum atomic E-state index is 0.194. The lowest BCUT2D eigenvalue weighted by Crippen LogP contribution is -2.31. The van der Waals surface area contributed by atoms with Crippen molar-refractivity contribution in [3.05, 3.63) is 5.28 Å². The van der Waals surface area contributed by atoms with Gasteiger partial charge in [0.05, 0.1) is 6.61 Å². The van der Waals surface area contributed by atoms with Crippen molar-refractivity contribution in [2.75, 3.05) is 24.6 Å². The first-order valence-electron chi connectivity index (χ1n) is 5.59. The van der Waals surface area contributed by atoms with Crippen molar-refractivity contribution in [3.63, 3.8) is 0 Å². The lowest BCUT2D eigenvalue weighted by Gasteiger charge is -2.26. The van der Waals surface area contributed by atoms with E-state index in [1.54, 1.807) is 0 Å². The minimum Gasteiger partial charge on any atom is -0.464 e. The molecule has 1 aliphatic heterocycles. The highest BCUT2D eigenvalue weighted by Gasteiger charge is 2.15. The van der Waals surface area contributed by atoms with Crippen LogP contribution in [0.3, 0.4) is 0 Å². The average molecular weight is 243 g/mol. The van der Waals surface area contributed by atoms with Crippen LogP contribution in [-0.4, -0.2) is 34.6 Å². The van der Waals surface area contributed by atoms with E-state index in [0.717, 1.165) is 13.1 Å². The molecular weight excluding hydrogens is 228 g/mol. The van der Waals surface area contributed by atoms with Crippen molar-refractivity contribution < 1.29 is 4.74 Å². The first-order valence-corrected chi connectivity index (χ1v) is 5.96. The number of anilines is 1. The molecule has 0 aromatic carbocycles. The van der Waals surface area contributed by atoms with Crippen LogP contribution in [0.1, 0.15) is 26.2 Å². The fourth-order valence-electron chi connectivity index (χ4n) is 1.75. The first kappa shape index (κ1) is 11.4. The molecule has 0 saturated carbocycles. The summed E-state index contributed by atoms with van der Waals surface area (Å²) in [6.07, 6.45) is 3.62. The predicted octanol–water partition coefficient (Wildman–Crippen LogP) is 1.91. The molecule has 0 radical (unpaired) electrons. The molecule has 88 valence electrons. The van der Waals surface area contributed by atoms with E-state index in [-0.39, 0.29) is 5.28 Å². The molecule has 5 nitrogen and oxygen atoms in total. The van der Waals surface area contributed by atoms with Crippen molar-refractivity contribution in [2.24, 2.45) is 0 Å². The van der Waals surface area contributed by atoms with E-state index in [1.165, 1.54) is 19.3 Å². The Morgan fingerprint density at radius 1 is 1.19 bits per heavy atom. The molecule has 0 aliphatic carbocycles. The largest absolute Gasteiger partial charge is 0.464 e. The van der Waals surface area contributed by atoms with Gasteiger partial charge in [-0.1, -0.05) is 0 Å². The van der Waals surface area contributed by atoms with Gasteiger partial charge in [0.2, 0.25) is 11.2 Å². The Balaban J connectivity index is 2.18. The first-order chi connectivity index (χ1) is 7.79. The molecule has 1 fully saturated rings. The second kappa shape index (κ2) is 5.30. The highest BCUT2D eigenvalue weighted by atomic mass is 35.5. The monoisotopic (exact) mass is 242 g/mol. The highest BCUT2D eigenvalue weighted by Crippen LogP contribution is 2.19. The molecule has 0 spiro atoms. The van der Waals surface area contributed by atoms with E-state index in [2.05, 4.69) is 19.9 Å². The molecule has 16 heavy (non-hydrogen) atoms. The van der Waals surface area contributed by atoms with Crippen LogP contribution in [0, 0.1) is 0 Å². The van der Waals surface area contributed by atoms with E-state index in [0.29, 0.717) is 18.6 Å². The SMILES string of the molecule is CCOc1nc(Cl)nc(N2CCCCC2)n1. The van der Waals surface area contributed by atoms with Gasteiger partial charge in [0.25, 0.3) is 0 Å². The van der Waals surface area contributed by atoms with Crippen molar-refractivity contribution >= 4 is 17.5 Å². The molecule has 1 aliphatic rings. The molecule has 0 amide bonds. The van der Waals surface area contributed by atoms with E-state index in [1.807, 2.05) is 6.92 Å².